The summed E-state index contributed by atoms with van der Waals surface area (Å²) in [5, 5.41) is 13.0. The Balaban J connectivity index is 2.33. The van der Waals surface area contributed by atoms with E-state index >= 15 is 0 Å². The number of hydrogen-bond acceptors (Lipinski definition) is 4. The Morgan fingerprint density at radius 3 is 2.86 bits per heavy atom. The molecule has 2 heterocycles. The van der Waals surface area contributed by atoms with Gasteiger partial charge in [0.1, 0.15) is 6.10 Å². The van der Waals surface area contributed by atoms with Crippen molar-refractivity contribution in [2.75, 3.05) is 0 Å². The Morgan fingerprint density at radius 1 is 1.57 bits per heavy atom. The highest BCUT2D eigenvalue weighted by Crippen LogP contribution is 2.34. The average Bonchev–Trinajstić information content (AvgIpc) is 2.73. The van der Waals surface area contributed by atoms with Crippen LogP contribution < -0.4 is 0 Å². The summed E-state index contributed by atoms with van der Waals surface area (Å²) in [6.45, 7) is 1.93. The largest absolute Gasteiger partial charge is 0.382 e. The Labute approximate surface area is 98.4 Å². The van der Waals surface area contributed by atoms with Gasteiger partial charge in [-0.2, -0.15) is 0 Å². The first-order valence-electron chi connectivity index (χ1n) is 4.02. The monoisotopic (exact) mass is 289 g/mol. The zero-order valence-corrected chi connectivity index (χ0v) is 10.6. The lowest BCUT2D eigenvalue weighted by atomic mass is 10.2. The molecule has 0 aromatic carbocycles. The molecule has 14 heavy (non-hydrogen) atoms. The highest BCUT2D eigenvalue weighted by molar-refractivity contribution is 9.10. The highest BCUT2D eigenvalue weighted by atomic mass is 79.9. The molecule has 2 aromatic heterocycles. The number of thiazole rings is 1. The molecule has 74 valence electrons. The van der Waals surface area contributed by atoms with Crippen molar-refractivity contribution in [2.24, 2.45) is 0 Å². The number of hydrogen-bond donors (Lipinski definition) is 1. The zero-order chi connectivity index (χ0) is 10.1. The first-order valence-corrected chi connectivity index (χ1v) is 6.50. The fourth-order valence-electron chi connectivity index (χ4n) is 1.13. The molecule has 0 fully saturated rings. The summed E-state index contributed by atoms with van der Waals surface area (Å²) in [6.07, 6.45) is 1.19. The van der Waals surface area contributed by atoms with Crippen LogP contribution in [0.4, 0.5) is 0 Å². The van der Waals surface area contributed by atoms with Crippen molar-refractivity contribution in [3.8, 4) is 0 Å². The van der Waals surface area contributed by atoms with Crippen LogP contribution in [0.2, 0.25) is 0 Å². The van der Waals surface area contributed by atoms with Crippen LogP contribution in [0, 0.1) is 6.92 Å². The van der Waals surface area contributed by atoms with E-state index in [0.717, 1.165) is 19.2 Å². The van der Waals surface area contributed by atoms with E-state index in [1.54, 1.807) is 17.5 Å². The maximum absolute atomic E-state index is 10.0. The molecular formula is C9H8BrNOS2. The van der Waals surface area contributed by atoms with E-state index in [-0.39, 0.29) is 0 Å². The molecule has 2 aromatic rings. The van der Waals surface area contributed by atoms with Crippen LogP contribution in [0.25, 0.3) is 0 Å². The summed E-state index contributed by atoms with van der Waals surface area (Å²) < 4.78 is 0.959. The minimum Gasteiger partial charge on any atom is -0.382 e. The van der Waals surface area contributed by atoms with Gasteiger partial charge in [-0.25, -0.2) is 4.98 Å². The van der Waals surface area contributed by atoms with Crippen LogP contribution in [0.5, 0.6) is 0 Å². The smallest absolute Gasteiger partial charge is 0.125 e. The predicted octanol–water partition coefficient (Wildman–Crippen LogP) is 3.36. The minimum absolute atomic E-state index is 0.546. The second kappa shape index (κ2) is 4.10. The van der Waals surface area contributed by atoms with Crippen molar-refractivity contribution >= 4 is 38.6 Å². The zero-order valence-electron chi connectivity index (χ0n) is 7.40. The molecule has 1 unspecified atom stereocenters. The highest BCUT2D eigenvalue weighted by Gasteiger charge is 2.16. The Kier molecular flexibility index (Phi) is 3.02. The van der Waals surface area contributed by atoms with Gasteiger partial charge in [-0.05, 0) is 34.3 Å². The molecule has 1 atom stereocenters. The third kappa shape index (κ3) is 1.91. The second-order valence-corrected chi connectivity index (χ2v) is 5.89. The number of halogens is 1. The molecule has 0 aliphatic heterocycles. The topological polar surface area (TPSA) is 33.1 Å². The summed E-state index contributed by atoms with van der Waals surface area (Å²) in [4.78, 5) is 5.96. The molecule has 0 aliphatic rings. The van der Waals surface area contributed by atoms with Crippen LogP contribution in [0.1, 0.15) is 20.9 Å². The first-order chi connectivity index (χ1) is 6.68. The number of nitrogens with zero attached hydrogens (tertiary/aromatic N) is 1. The number of aromatic nitrogens is 1. The van der Waals surface area contributed by atoms with E-state index in [4.69, 9.17) is 0 Å². The molecule has 0 saturated heterocycles. The van der Waals surface area contributed by atoms with Gasteiger partial charge in [-0.1, -0.05) is 0 Å². The Hall–Kier alpha value is -0.230. The predicted molar refractivity (Wildman–Crippen MR) is 62.9 cm³/mol. The molecule has 5 heteroatoms. The molecule has 0 amide bonds. The summed E-state index contributed by atoms with van der Waals surface area (Å²) in [7, 11) is 0. The van der Waals surface area contributed by atoms with E-state index in [2.05, 4.69) is 20.9 Å². The van der Waals surface area contributed by atoms with Gasteiger partial charge >= 0.3 is 0 Å². The lowest BCUT2D eigenvalue weighted by Crippen LogP contribution is -1.94. The Morgan fingerprint density at radius 2 is 2.36 bits per heavy atom. The van der Waals surface area contributed by atoms with Gasteiger partial charge in [0.05, 0.1) is 14.8 Å². The molecule has 0 bridgehead atoms. The standard InChI is InChI=1S/C9H8BrNOS2/c1-5-11-4-7(14-5)8(12)9-6(10)2-3-13-9/h2-4,8,12H,1H3. The summed E-state index contributed by atoms with van der Waals surface area (Å²) in [6, 6.07) is 1.94. The molecule has 0 radical (unpaired) electrons. The van der Waals surface area contributed by atoms with Crippen LogP contribution in [-0.4, -0.2) is 10.1 Å². The number of aliphatic hydroxyl groups excluding tert-OH is 1. The van der Waals surface area contributed by atoms with E-state index in [1.165, 1.54) is 11.3 Å². The lowest BCUT2D eigenvalue weighted by molar-refractivity contribution is 0.227. The maximum Gasteiger partial charge on any atom is 0.125 e. The molecule has 2 nitrogen and oxygen atoms in total. The molecular weight excluding hydrogens is 282 g/mol. The third-order valence-electron chi connectivity index (χ3n) is 1.80. The van der Waals surface area contributed by atoms with Crippen LogP contribution in [-0.2, 0) is 0 Å². The normalized spacial score (nSPS) is 13.1. The van der Waals surface area contributed by atoms with Crippen molar-refractivity contribution < 1.29 is 5.11 Å². The molecule has 1 N–H and O–H groups in total. The van der Waals surface area contributed by atoms with E-state index in [1.807, 2.05) is 18.4 Å². The van der Waals surface area contributed by atoms with Crippen LogP contribution in [0.15, 0.2) is 22.1 Å². The van der Waals surface area contributed by atoms with Gasteiger partial charge in [0.15, 0.2) is 0 Å². The molecule has 2 rings (SSSR count). The van der Waals surface area contributed by atoms with Crippen molar-refractivity contribution in [2.45, 2.75) is 13.0 Å². The van der Waals surface area contributed by atoms with Gasteiger partial charge in [-0.15, -0.1) is 22.7 Å². The summed E-state index contributed by atoms with van der Waals surface area (Å²) in [5.74, 6) is 0. The SMILES string of the molecule is Cc1ncc(C(O)c2sccc2Br)s1. The van der Waals surface area contributed by atoms with Crippen molar-refractivity contribution in [1.29, 1.82) is 0 Å². The number of thiophene rings is 1. The fraction of sp³-hybridized carbons (Fsp3) is 0.222. The fourth-order valence-corrected chi connectivity index (χ4v) is 3.58. The van der Waals surface area contributed by atoms with Crippen LogP contribution >= 0.6 is 38.6 Å². The van der Waals surface area contributed by atoms with Gasteiger partial charge < -0.3 is 5.11 Å². The lowest BCUT2D eigenvalue weighted by Gasteiger charge is -2.05. The Bertz CT molecular complexity index is 437. The third-order valence-corrected chi connectivity index (χ3v) is 4.69. The summed E-state index contributed by atoms with van der Waals surface area (Å²) >= 11 is 6.48. The van der Waals surface area contributed by atoms with E-state index in [9.17, 15) is 5.11 Å². The summed E-state index contributed by atoms with van der Waals surface area (Å²) in [5.41, 5.74) is 0. The van der Waals surface area contributed by atoms with E-state index < -0.39 is 6.10 Å². The quantitative estimate of drug-likeness (QED) is 0.920. The van der Waals surface area contributed by atoms with Crippen LogP contribution in [0.3, 0.4) is 0 Å². The van der Waals surface area contributed by atoms with Crippen molar-refractivity contribution in [1.82, 2.24) is 4.98 Å². The van der Waals surface area contributed by atoms with Crippen molar-refractivity contribution in [3.05, 3.63) is 36.9 Å². The van der Waals surface area contributed by atoms with Gasteiger partial charge in [0.25, 0.3) is 0 Å². The van der Waals surface area contributed by atoms with Gasteiger partial charge in [-0.3, -0.25) is 0 Å². The van der Waals surface area contributed by atoms with Gasteiger partial charge in [0.2, 0.25) is 0 Å². The average molecular weight is 290 g/mol. The van der Waals surface area contributed by atoms with E-state index in [0.29, 0.717) is 0 Å². The maximum atomic E-state index is 10.0. The second-order valence-electron chi connectivity index (χ2n) is 2.82. The number of aryl methyl sites for hydroxylation is 1. The minimum atomic E-state index is -0.546. The molecule has 0 saturated carbocycles. The first kappa shape index (κ1) is 10.3. The number of aliphatic hydroxyl groups is 1. The van der Waals surface area contributed by atoms with Crippen molar-refractivity contribution in [3.63, 3.8) is 0 Å². The molecule has 0 aliphatic carbocycles. The van der Waals surface area contributed by atoms with Gasteiger partial charge in [0, 0.05) is 10.7 Å². The number of rotatable bonds is 2. The molecule has 0 spiro atoms.